The smallest absolute Gasteiger partial charge is 0.328 e. The van der Waals surface area contributed by atoms with Crippen LogP contribution < -0.4 is 0 Å². The standard InChI is InChI=1S/C15H17F2NO4/c1-21-12-3-4-18(13(8-12)15(20)22-2)14(19)9-5-10(16)7-11(17)6-9/h5-7,12-13H,3-4,8H2,1-2H3. The molecular formula is C15H17F2NO4. The van der Waals surface area contributed by atoms with Crippen molar-refractivity contribution in [3.63, 3.8) is 0 Å². The molecule has 1 fully saturated rings. The minimum Gasteiger partial charge on any atom is -0.467 e. The molecule has 1 heterocycles. The average molecular weight is 313 g/mol. The van der Waals surface area contributed by atoms with E-state index in [1.807, 2.05) is 0 Å². The molecule has 7 heteroatoms. The Bertz CT molecular complexity index is 558. The van der Waals surface area contributed by atoms with Gasteiger partial charge in [-0.3, -0.25) is 4.79 Å². The first-order valence-electron chi connectivity index (χ1n) is 6.84. The van der Waals surface area contributed by atoms with Crippen LogP contribution in [-0.4, -0.2) is 49.7 Å². The molecule has 1 aliphatic rings. The van der Waals surface area contributed by atoms with Crippen LogP contribution in [0, 0.1) is 11.6 Å². The molecule has 0 radical (unpaired) electrons. The van der Waals surface area contributed by atoms with Crippen molar-refractivity contribution in [2.45, 2.75) is 25.0 Å². The van der Waals surface area contributed by atoms with Crippen molar-refractivity contribution in [2.24, 2.45) is 0 Å². The largest absolute Gasteiger partial charge is 0.467 e. The molecule has 22 heavy (non-hydrogen) atoms. The SMILES string of the molecule is COC(=O)C1CC(OC)CCN1C(=O)c1cc(F)cc(F)c1. The lowest BCUT2D eigenvalue weighted by Gasteiger charge is -2.37. The number of hydrogen-bond donors (Lipinski definition) is 0. The molecule has 0 N–H and O–H groups in total. The lowest BCUT2D eigenvalue weighted by Crippen LogP contribution is -2.52. The van der Waals surface area contributed by atoms with Gasteiger partial charge in [-0.1, -0.05) is 0 Å². The number of nitrogens with zero attached hydrogens (tertiary/aromatic N) is 1. The summed E-state index contributed by atoms with van der Waals surface area (Å²) in [6.07, 6.45) is 0.651. The first-order chi connectivity index (χ1) is 10.5. The normalized spacial score (nSPS) is 21.5. The van der Waals surface area contributed by atoms with E-state index in [0.717, 1.165) is 12.1 Å². The Kier molecular flexibility index (Phi) is 5.07. The number of esters is 1. The van der Waals surface area contributed by atoms with Crippen molar-refractivity contribution >= 4 is 11.9 Å². The summed E-state index contributed by atoms with van der Waals surface area (Å²) in [5.41, 5.74) is -0.137. The molecule has 2 atom stereocenters. The third-order valence-corrected chi connectivity index (χ3v) is 3.73. The van der Waals surface area contributed by atoms with Gasteiger partial charge in [0.15, 0.2) is 0 Å². The number of likely N-dealkylation sites (tertiary alicyclic amines) is 1. The maximum absolute atomic E-state index is 13.3. The summed E-state index contributed by atoms with van der Waals surface area (Å²) in [7, 11) is 2.75. The van der Waals surface area contributed by atoms with Crippen molar-refractivity contribution < 1.29 is 27.8 Å². The van der Waals surface area contributed by atoms with Crippen molar-refractivity contribution in [1.29, 1.82) is 0 Å². The van der Waals surface area contributed by atoms with Crippen molar-refractivity contribution in [2.75, 3.05) is 20.8 Å². The molecule has 0 aliphatic carbocycles. The van der Waals surface area contributed by atoms with E-state index in [1.54, 1.807) is 0 Å². The summed E-state index contributed by atoms with van der Waals surface area (Å²) < 4.78 is 36.5. The van der Waals surface area contributed by atoms with Gasteiger partial charge in [0, 0.05) is 31.7 Å². The third kappa shape index (κ3) is 3.41. The molecule has 1 saturated heterocycles. The van der Waals surface area contributed by atoms with Gasteiger partial charge in [-0.25, -0.2) is 13.6 Å². The molecule has 0 bridgehead atoms. The molecule has 120 valence electrons. The van der Waals surface area contributed by atoms with Crippen molar-refractivity contribution in [3.8, 4) is 0 Å². The Morgan fingerprint density at radius 3 is 2.36 bits per heavy atom. The van der Waals surface area contributed by atoms with Crippen LogP contribution in [0.3, 0.4) is 0 Å². The number of carbonyl (C=O) groups is 2. The summed E-state index contributed by atoms with van der Waals surface area (Å²) in [4.78, 5) is 25.6. The van der Waals surface area contributed by atoms with Gasteiger partial charge in [-0.15, -0.1) is 0 Å². The van der Waals surface area contributed by atoms with E-state index in [1.165, 1.54) is 19.1 Å². The second-order valence-electron chi connectivity index (χ2n) is 5.08. The highest BCUT2D eigenvalue weighted by Gasteiger charge is 2.37. The summed E-state index contributed by atoms with van der Waals surface area (Å²) >= 11 is 0. The first kappa shape index (κ1) is 16.4. The van der Waals surface area contributed by atoms with Gasteiger partial charge >= 0.3 is 5.97 Å². The molecule has 1 amide bonds. The van der Waals surface area contributed by atoms with Gasteiger partial charge in [0.25, 0.3) is 5.91 Å². The van der Waals surface area contributed by atoms with Gasteiger partial charge in [0.1, 0.15) is 17.7 Å². The number of amides is 1. The minimum absolute atomic E-state index is 0.137. The molecular weight excluding hydrogens is 296 g/mol. The first-order valence-corrected chi connectivity index (χ1v) is 6.84. The second kappa shape index (κ2) is 6.83. The lowest BCUT2D eigenvalue weighted by molar-refractivity contribution is -0.149. The molecule has 2 unspecified atom stereocenters. The fourth-order valence-electron chi connectivity index (χ4n) is 2.59. The Balaban J connectivity index is 2.27. The van der Waals surface area contributed by atoms with E-state index < -0.39 is 29.6 Å². The number of methoxy groups -OCH3 is 2. The third-order valence-electron chi connectivity index (χ3n) is 3.73. The fraction of sp³-hybridized carbons (Fsp3) is 0.467. The van der Waals surface area contributed by atoms with Gasteiger partial charge in [0.05, 0.1) is 13.2 Å². The van der Waals surface area contributed by atoms with Gasteiger partial charge < -0.3 is 14.4 Å². The molecule has 0 spiro atoms. The number of halogens is 2. The molecule has 2 rings (SSSR count). The number of benzene rings is 1. The maximum atomic E-state index is 13.3. The predicted molar refractivity (Wildman–Crippen MR) is 73.2 cm³/mol. The summed E-state index contributed by atoms with van der Waals surface area (Å²) in [5.74, 6) is -2.87. The summed E-state index contributed by atoms with van der Waals surface area (Å²) in [5, 5.41) is 0. The molecule has 1 aromatic carbocycles. The van der Waals surface area contributed by atoms with E-state index in [-0.39, 0.29) is 24.6 Å². The molecule has 1 aliphatic heterocycles. The van der Waals surface area contributed by atoms with Crippen LogP contribution in [0.25, 0.3) is 0 Å². The molecule has 0 saturated carbocycles. The minimum atomic E-state index is -0.843. The number of hydrogen-bond acceptors (Lipinski definition) is 4. The molecule has 5 nitrogen and oxygen atoms in total. The van der Waals surface area contributed by atoms with E-state index in [9.17, 15) is 18.4 Å². The zero-order valence-electron chi connectivity index (χ0n) is 12.3. The zero-order chi connectivity index (χ0) is 16.3. The van der Waals surface area contributed by atoms with E-state index in [2.05, 4.69) is 0 Å². The van der Waals surface area contributed by atoms with Crippen LogP contribution >= 0.6 is 0 Å². The summed E-state index contributed by atoms with van der Waals surface area (Å²) in [6, 6.07) is 1.75. The number of carbonyl (C=O) groups excluding carboxylic acids is 2. The zero-order valence-corrected chi connectivity index (χ0v) is 12.3. The van der Waals surface area contributed by atoms with Crippen LogP contribution in [0.4, 0.5) is 8.78 Å². The van der Waals surface area contributed by atoms with Crippen molar-refractivity contribution in [3.05, 3.63) is 35.4 Å². The highest BCUT2D eigenvalue weighted by molar-refractivity contribution is 5.97. The fourth-order valence-corrected chi connectivity index (χ4v) is 2.59. The Labute approximate surface area is 126 Å². The van der Waals surface area contributed by atoms with Crippen LogP contribution in [-0.2, 0) is 14.3 Å². The van der Waals surface area contributed by atoms with E-state index in [4.69, 9.17) is 9.47 Å². The topological polar surface area (TPSA) is 55.8 Å². The Hall–Kier alpha value is -2.02. The van der Waals surface area contributed by atoms with E-state index in [0.29, 0.717) is 12.5 Å². The van der Waals surface area contributed by atoms with Crippen molar-refractivity contribution in [1.82, 2.24) is 4.90 Å². The quantitative estimate of drug-likeness (QED) is 0.798. The highest BCUT2D eigenvalue weighted by atomic mass is 19.1. The van der Waals surface area contributed by atoms with Crippen LogP contribution in [0.2, 0.25) is 0 Å². The monoisotopic (exact) mass is 313 g/mol. The Morgan fingerprint density at radius 2 is 1.82 bits per heavy atom. The molecule has 0 aromatic heterocycles. The average Bonchev–Trinajstić information content (AvgIpc) is 2.51. The van der Waals surface area contributed by atoms with Gasteiger partial charge in [-0.05, 0) is 18.6 Å². The number of rotatable bonds is 3. The Morgan fingerprint density at radius 1 is 1.18 bits per heavy atom. The maximum Gasteiger partial charge on any atom is 0.328 e. The second-order valence-corrected chi connectivity index (χ2v) is 5.08. The van der Waals surface area contributed by atoms with Crippen LogP contribution in [0.15, 0.2) is 18.2 Å². The van der Waals surface area contributed by atoms with Crippen LogP contribution in [0.1, 0.15) is 23.2 Å². The molecule has 1 aromatic rings. The van der Waals surface area contributed by atoms with Gasteiger partial charge in [-0.2, -0.15) is 0 Å². The highest BCUT2D eigenvalue weighted by Crippen LogP contribution is 2.23. The number of piperidine rings is 1. The van der Waals surface area contributed by atoms with Gasteiger partial charge in [0.2, 0.25) is 0 Å². The predicted octanol–water partition coefficient (Wildman–Crippen LogP) is 1.76. The number of ether oxygens (including phenoxy) is 2. The van der Waals surface area contributed by atoms with Crippen LogP contribution in [0.5, 0.6) is 0 Å². The summed E-state index contributed by atoms with van der Waals surface area (Å²) in [6.45, 7) is 0.245. The lowest BCUT2D eigenvalue weighted by atomic mass is 9.98. The van der Waals surface area contributed by atoms with E-state index >= 15 is 0 Å².